The van der Waals surface area contributed by atoms with Crippen LogP contribution < -0.4 is 11.5 Å². The first-order chi connectivity index (χ1) is 4.41. The lowest BCUT2D eigenvalue weighted by Crippen LogP contribution is -2.47. The van der Waals surface area contributed by atoms with Crippen molar-refractivity contribution >= 4 is 5.91 Å². The van der Waals surface area contributed by atoms with Crippen molar-refractivity contribution in [1.29, 1.82) is 0 Å². The molecule has 0 fully saturated rings. The fraction of sp³-hybridized carbons (Fsp3) is 0.857. The van der Waals surface area contributed by atoms with Crippen LogP contribution in [-0.2, 0) is 4.79 Å². The summed E-state index contributed by atoms with van der Waals surface area (Å²) >= 11 is 0. The minimum absolute atomic E-state index is 0.175. The predicted molar refractivity (Wildman–Crippen MR) is 41.2 cm³/mol. The van der Waals surface area contributed by atoms with Crippen LogP contribution in [0.15, 0.2) is 0 Å². The maximum absolute atomic E-state index is 10.6. The number of nitrogens with two attached hydrogens (primary N) is 2. The Kier molecular flexibility index (Phi) is 2.84. The van der Waals surface area contributed by atoms with E-state index >= 15 is 0 Å². The van der Waals surface area contributed by atoms with E-state index in [9.17, 15) is 4.79 Å². The van der Waals surface area contributed by atoms with Crippen LogP contribution in [0, 0.1) is 5.41 Å². The average molecular weight is 144 g/mol. The Morgan fingerprint density at radius 2 is 2.00 bits per heavy atom. The molecule has 0 heterocycles. The van der Waals surface area contributed by atoms with Crippen molar-refractivity contribution in [1.82, 2.24) is 0 Å². The highest BCUT2D eigenvalue weighted by molar-refractivity contribution is 5.80. The normalized spacial score (nSPS) is 14.8. The lowest BCUT2D eigenvalue weighted by molar-refractivity contribution is -0.121. The molecule has 0 radical (unpaired) electrons. The Labute approximate surface area is 61.8 Å². The molecule has 0 aliphatic carbocycles. The molecule has 0 aromatic carbocycles. The van der Waals surface area contributed by atoms with Crippen molar-refractivity contribution in [2.24, 2.45) is 16.9 Å². The van der Waals surface area contributed by atoms with Gasteiger partial charge in [-0.25, -0.2) is 0 Å². The molecule has 3 heteroatoms. The predicted octanol–water partition coefficient (Wildman–Crippen LogP) is 0.235. The second kappa shape index (κ2) is 3.01. The molecular formula is C7H16N2O. The lowest BCUT2D eigenvalue weighted by atomic mass is 9.82. The zero-order chi connectivity index (χ0) is 8.36. The third-order valence-corrected chi connectivity index (χ3v) is 2.06. The third kappa shape index (κ3) is 1.99. The summed E-state index contributed by atoms with van der Waals surface area (Å²) in [4.78, 5) is 10.6. The van der Waals surface area contributed by atoms with E-state index < -0.39 is 11.9 Å². The standard InChI is InChI=1S/C7H16N2O/c1-4-7(2,3)5(8)6(9)10/h5H,4,8H2,1-3H3,(H2,9,10)/t5-/m1/s1. The topological polar surface area (TPSA) is 69.1 Å². The Bertz CT molecular complexity index is 132. The highest BCUT2D eigenvalue weighted by atomic mass is 16.1. The summed E-state index contributed by atoms with van der Waals surface area (Å²) in [6.07, 6.45) is 0.858. The fourth-order valence-electron chi connectivity index (χ4n) is 0.605. The summed E-state index contributed by atoms with van der Waals surface area (Å²) in [5.41, 5.74) is 10.4. The molecule has 60 valence electrons. The van der Waals surface area contributed by atoms with Gasteiger partial charge in [-0.15, -0.1) is 0 Å². The summed E-state index contributed by atoms with van der Waals surface area (Å²) in [6, 6.07) is -0.530. The lowest BCUT2D eigenvalue weighted by Gasteiger charge is -2.27. The molecule has 0 unspecified atom stereocenters. The van der Waals surface area contributed by atoms with Crippen molar-refractivity contribution in [3.05, 3.63) is 0 Å². The molecule has 1 atom stereocenters. The largest absolute Gasteiger partial charge is 0.368 e. The maximum Gasteiger partial charge on any atom is 0.234 e. The summed E-state index contributed by atoms with van der Waals surface area (Å²) in [7, 11) is 0. The van der Waals surface area contributed by atoms with Gasteiger partial charge in [0.15, 0.2) is 0 Å². The molecule has 0 bridgehead atoms. The second-order valence-electron chi connectivity index (χ2n) is 3.22. The van der Waals surface area contributed by atoms with E-state index in [2.05, 4.69) is 0 Å². The molecule has 10 heavy (non-hydrogen) atoms. The molecule has 0 saturated heterocycles. The van der Waals surface area contributed by atoms with Crippen molar-refractivity contribution in [3.63, 3.8) is 0 Å². The highest BCUT2D eigenvalue weighted by Gasteiger charge is 2.28. The van der Waals surface area contributed by atoms with Crippen molar-refractivity contribution in [3.8, 4) is 0 Å². The molecular weight excluding hydrogens is 128 g/mol. The van der Waals surface area contributed by atoms with Gasteiger partial charge in [0.05, 0.1) is 6.04 Å². The van der Waals surface area contributed by atoms with E-state index in [0.717, 1.165) is 6.42 Å². The van der Waals surface area contributed by atoms with Gasteiger partial charge in [0, 0.05) is 0 Å². The van der Waals surface area contributed by atoms with E-state index in [4.69, 9.17) is 11.5 Å². The third-order valence-electron chi connectivity index (χ3n) is 2.06. The molecule has 0 saturated carbocycles. The van der Waals surface area contributed by atoms with Crippen LogP contribution in [0.25, 0.3) is 0 Å². The molecule has 0 aromatic rings. The first kappa shape index (κ1) is 9.43. The van der Waals surface area contributed by atoms with Crippen LogP contribution in [0.5, 0.6) is 0 Å². The van der Waals surface area contributed by atoms with E-state index in [1.54, 1.807) is 0 Å². The Balaban J connectivity index is 4.17. The van der Waals surface area contributed by atoms with E-state index in [1.807, 2.05) is 20.8 Å². The van der Waals surface area contributed by atoms with Crippen LogP contribution in [0.4, 0.5) is 0 Å². The summed E-state index contributed by atoms with van der Waals surface area (Å²) in [6.45, 7) is 5.85. The molecule has 4 N–H and O–H groups in total. The van der Waals surface area contributed by atoms with Crippen LogP contribution in [0.3, 0.4) is 0 Å². The summed E-state index contributed by atoms with van der Waals surface area (Å²) in [5, 5.41) is 0. The molecule has 0 aliphatic heterocycles. The molecule has 0 aliphatic rings. The van der Waals surface area contributed by atoms with Gasteiger partial charge in [-0.2, -0.15) is 0 Å². The Morgan fingerprint density at radius 1 is 1.60 bits per heavy atom. The highest BCUT2D eigenvalue weighted by Crippen LogP contribution is 2.22. The summed E-state index contributed by atoms with van der Waals surface area (Å²) in [5.74, 6) is -0.424. The van der Waals surface area contributed by atoms with Crippen LogP contribution in [0.1, 0.15) is 27.2 Å². The number of hydrogen-bond donors (Lipinski definition) is 2. The zero-order valence-electron chi connectivity index (χ0n) is 6.85. The van der Waals surface area contributed by atoms with Crippen molar-refractivity contribution in [2.45, 2.75) is 33.2 Å². The van der Waals surface area contributed by atoms with Gasteiger partial charge in [-0.1, -0.05) is 20.8 Å². The van der Waals surface area contributed by atoms with Gasteiger partial charge in [0.25, 0.3) is 0 Å². The molecule has 0 spiro atoms. The fourth-order valence-corrected chi connectivity index (χ4v) is 0.605. The zero-order valence-corrected chi connectivity index (χ0v) is 6.85. The van der Waals surface area contributed by atoms with Crippen LogP contribution >= 0.6 is 0 Å². The quantitative estimate of drug-likeness (QED) is 0.595. The number of carbonyl (C=O) groups excluding carboxylic acids is 1. The maximum atomic E-state index is 10.6. The second-order valence-corrected chi connectivity index (χ2v) is 3.22. The number of rotatable bonds is 3. The van der Waals surface area contributed by atoms with Gasteiger partial charge in [-0.3, -0.25) is 4.79 Å². The van der Waals surface area contributed by atoms with Crippen LogP contribution in [0.2, 0.25) is 0 Å². The van der Waals surface area contributed by atoms with E-state index in [-0.39, 0.29) is 5.41 Å². The first-order valence-corrected chi connectivity index (χ1v) is 3.46. The molecule has 1 amide bonds. The Hall–Kier alpha value is -0.570. The molecule has 3 nitrogen and oxygen atoms in total. The number of amides is 1. The van der Waals surface area contributed by atoms with Crippen molar-refractivity contribution in [2.75, 3.05) is 0 Å². The minimum atomic E-state index is -0.530. The average Bonchev–Trinajstić information content (AvgIpc) is 1.86. The van der Waals surface area contributed by atoms with Gasteiger partial charge < -0.3 is 11.5 Å². The minimum Gasteiger partial charge on any atom is -0.368 e. The number of carbonyl (C=O) groups is 1. The first-order valence-electron chi connectivity index (χ1n) is 3.46. The monoisotopic (exact) mass is 144 g/mol. The molecule has 0 aromatic heterocycles. The Morgan fingerprint density at radius 3 is 2.10 bits per heavy atom. The van der Waals surface area contributed by atoms with Gasteiger partial charge in [0.1, 0.15) is 0 Å². The SMILES string of the molecule is CCC(C)(C)[C@H](N)C(N)=O. The van der Waals surface area contributed by atoms with Gasteiger partial charge in [-0.05, 0) is 11.8 Å². The van der Waals surface area contributed by atoms with Crippen molar-refractivity contribution < 1.29 is 4.79 Å². The van der Waals surface area contributed by atoms with E-state index in [0.29, 0.717) is 0 Å². The summed E-state index contributed by atoms with van der Waals surface area (Å²) < 4.78 is 0. The smallest absolute Gasteiger partial charge is 0.234 e. The van der Waals surface area contributed by atoms with E-state index in [1.165, 1.54) is 0 Å². The van der Waals surface area contributed by atoms with Gasteiger partial charge >= 0.3 is 0 Å². The molecule has 0 rings (SSSR count). The number of primary amides is 1. The number of hydrogen-bond acceptors (Lipinski definition) is 2. The van der Waals surface area contributed by atoms with Crippen LogP contribution in [-0.4, -0.2) is 11.9 Å². The van der Waals surface area contributed by atoms with Gasteiger partial charge in [0.2, 0.25) is 5.91 Å².